The van der Waals surface area contributed by atoms with Crippen LogP contribution in [0.25, 0.3) is 0 Å². The van der Waals surface area contributed by atoms with Crippen molar-refractivity contribution in [3.05, 3.63) is 45.6 Å². The third-order valence-corrected chi connectivity index (χ3v) is 3.67. The molecule has 0 amide bonds. The molecular formula is C13H15Cl2O2Ti. The minimum absolute atomic E-state index is 0. The fraction of sp³-hybridized carbons (Fsp3) is 0.385. The van der Waals surface area contributed by atoms with E-state index in [1.54, 1.807) is 7.11 Å². The molecule has 18 heavy (non-hydrogen) atoms. The molecule has 0 bridgehead atoms. The first-order chi connectivity index (χ1) is 7.68. The van der Waals surface area contributed by atoms with E-state index in [0.29, 0.717) is 0 Å². The summed E-state index contributed by atoms with van der Waals surface area (Å²) in [7, 11) is 1.70. The van der Waals surface area contributed by atoms with Gasteiger partial charge in [0.1, 0.15) is 0 Å². The zero-order valence-corrected chi connectivity index (χ0v) is 13.4. The van der Waals surface area contributed by atoms with Crippen molar-refractivity contribution in [1.29, 1.82) is 0 Å². The van der Waals surface area contributed by atoms with Gasteiger partial charge in [-0.1, -0.05) is 0 Å². The van der Waals surface area contributed by atoms with Crippen molar-refractivity contribution < 1.29 is 54.7 Å². The number of methoxy groups -OCH3 is 1. The summed E-state index contributed by atoms with van der Waals surface area (Å²) in [5.74, 6) is 0.338. The maximum atomic E-state index is 6.06. The topological polar surface area (TPSA) is 18.5 Å². The van der Waals surface area contributed by atoms with E-state index in [-0.39, 0.29) is 24.8 Å². The number of hydrogen-bond donors (Lipinski definition) is 0. The molecule has 0 aliphatic heterocycles. The SMILES string of the molecule is COC1(OC2=[C]([Ti+2])CC=C2)CC=CC=C1C.[Cl-].[Cl-]. The van der Waals surface area contributed by atoms with Crippen LogP contribution in [0.1, 0.15) is 19.8 Å². The summed E-state index contributed by atoms with van der Waals surface area (Å²) in [6.07, 6.45) is 12.0. The van der Waals surface area contributed by atoms with Gasteiger partial charge in [0.2, 0.25) is 0 Å². The molecule has 0 saturated heterocycles. The summed E-state index contributed by atoms with van der Waals surface area (Å²) in [6.45, 7) is 2.04. The van der Waals surface area contributed by atoms with Gasteiger partial charge in [-0.15, -0.1) is 0 Å². The molecule has 2 rings (SSSR count). The van der Waals surface area contributed by atoms with Crippen molar-refractivity contribution in [2.45, 2.75) is 25.6 Å². The first-order valence-electron chi connectivity index (χ1n) is 5.37. The number of rotatable bonds is 3. The molecule has 97 valence electrons. The van der Waals surface area contributed by atoms with Crippen LogP contribution in [-0.4, -0.2) is 12.9 Å². The van der Waals surface area contributed by atoms with Crippen molar-refractivity contribution >= 4 is 0 Å². The molecule has 0 aromatic heterocycles. The molecule has 0 aromatic carbocycles. The predicted molar refractivity (Wildman–Crippen MR) is 59.1 cm³/mol. The molecule has 0 N–H and O–H groups in total. The van der Waals surface area contributed by atoms with E-state index in [4.69, 9.17) is 9.47 Å². The van der Waals surface area contributed by atoms with E-state index >= 15 is 0 Å². The molecule has 2 aliphatic rings. The van der Waals surface area contributed by atoms with Crippen LogP contribution in [0, 0.1) is 0 Å². The molecule has 2 nitrogen and oxygen atoms in total. The van der Waals surface area contributed by atoms with Gasteiger partial charge in [-0.3, -0.25) is 0 Å². The third-order valence-electron chi connectivity index (χ3n) is 2.96. The second-order valence-electron chi connectivity index (χ2n) is 3.99. The molecular weight excluding hydrogens is 307 g/mol. The van der Waals surface area contributed by atoms with Gasteiger partial charge in [-0.05, 0) is 0 Å². The van der Waals surface area contributed by atoms with Crippen LogP contribution < -0.4 is 24.8 Å². The van der Waals surface area contributed by atoms with Gasteiger partial charge in [0.25, 0.3) is 0 Å². The Kier molecular flexibility index (Phi) is 7.57. The summed E-state index contributed by atoms with van der Waals surface area (Å²) < 4.78 is 12.9. The summed E-state index contributed by atoms with van der Waals surface area (Å²) in [4.78, 5) is 0. The zero-order chi connectivity index (χ0) is 11.6. The van der Waals surface area contributed by atoms with Crippen LogP contribution in [0.15, 0.2) is 45.6 Å². The Morgan fingerprint density at radius 2 is 2.00 bits per heavy atom. The van der Waals surface area contributed by atoms with Crippen molar-refractivity contribution in [3.8, 4) is 0 Å². The van der Waals surface area contributed by atoms with Crippen LogP contribution in [0.4, 0.5) is 0 Å². The third kappa shape index (κ3) is 3.52. The Morgan fingerprint density at radius 1 is 1.28 bits per heavy atom. The largest absolute Gasteiger partial charge is 1.00 e. The maximum Gasteiger partial charge on any atom is -1.00 e. The number of allylic oxidation sites excluding steroid dienone is 5. The molecule has 1 unspecified atom stereocenters. The Morgan fingerprint density at radius 3 is 2.50 bits per heavy atom. The van der Waals surface area contributed by atoms with E-state index in [1.165, 1.54) is 3.88 Å². The van der Waals surface area contributed by atoms with Gasteiger partial charge in [0.05, 0.1) is 0 Å². The number of ether oxygens (including phenoxy) is 2. The molecule has 1 atom stereocenters. The first kappa shape index (κ1) is 18.0. The van der Waals surface area contributed by atoms with E-state index in [2.05, 4.69) is 32.6 Å². The van der Waals surface area contributed by atoms with E-state index < -0.39 is 5.79 Å². The van der Waals surface area contributed by atoms with Crippen molar-refractivity contribution in [1.82, 2.24) is 0 Å². The average Bonchev–Trinajstić information content (AvgIpc) is 2.68. The van der Waals surface area contributed by atoms with Crippen molar-refractivity contribution in [3.63, 3.8) is 0 Å². The van der Waals surface area contributed by atoms with Crippen molar-refractivity contribution in [2.24, 2.45) is 0 Å². The fourth-order valence-corrected chi connectivity index (χ4v) is 2.28. The second kappa shape index (κ2) is 7.57. The Hall–Kier alpha value is 0.0143. The van der Waals surface area contributed by atoms with Crippen LogP contribution in [0.2, 0.25) is 0 Å². The molecule has 0 radical (unpaired) electrons. The predicted octanol–water partition coefficient (Wildman–Crippen LogP) is -3.02. The van der Waals surface area contributed by atoms with Gasteiger partial charge in [-0.25, -0.2) is 0 Å². The first-order valence-corrected chi connectivity index (χ1v) is 6.15. The minimum Gasteiger partial charge on any atom is -1.00 e. The molecule has 0 fully saturated rings. The second-order valence-corrected chi connectivity index (χ2v) is 4.93. The fourth-order valence-electron chi connectivity index (χ4n) is 1.89. The van der Waals surface area contributed by atoms with E-state index in [9.17, 15) is 0 Å². The standard InChI is InChI=1S/C13H15O2.2ClH.Ti/c1-11-7-5-6-10-13(11,14-2)15-12-8-3-4-9-12;;;/h3,5-8H,4,10H2,1-2H3;2*1H;/q;;;+2/p-2. The summed E-state index contributed by atoms with van der Waals surface area (Å²) >= 11 is 2.09. The van der Waals surface area contributed by atoms with Gasteiger partial charge < -0.3 is 24.8 Å². The van der Waals surface area contributed by atoms with Crippen LogP contribution in [-0.2, 0) is 29.9 Å². The number of hydrogen-bond acceptors (Lipinski definition) is 2. The zero-order valence-electron chi connectivity index (χ0n) is 10.4. The molecule has 5 heteroatoms. The molecule has 0 spiro atoms. The minimum atomic E-state index is -0.611. The van der Waals surface area contributed by atoms with Crippen LogP contribution in [0.5, 0.6) is 0 Å². The Labute approximate surface area is 132 Å². The summed E-state index contributed by atoms with van der Waals surface area (Å²) in [6, 6.07) is 0. The van der Waals surface area contributed by atoms with Gasteiger partial charge in [0.15, 0.2) is 0 Å². The van der Waals surface area contributed by atoms with E-state index in [1.807, 2.05) is 25.2 Å². The maximum absolute atomic E-state index is 6.06. The summed E-state index contributed by atoms with van der Waals surface area (Å²) in [5, 5.41) is 0. The van der Waals surface area contributed by atoms with Gasteiger partial charge in [-0.2, -0.15) is 0 Å². The van der Waals surface area contributed by atoms with Gasteiger partial charge >= 0.3 is 108 Å². The smallest absolute Gasteiger partial charge is 1.00 e. The molecule has 0 heterocycles. The Bertz CT molecular complexity index is 413. The quantitative estimate of drug-likeness (QED) is 0.407. The van der Waals surface area contributed by atoms with Crippen LogP contribution in [0.3, 0.4) is 0 Å². The molecule has 0 saturated carbocycles. The summed E-state index contributed by atoms with van der Waals surface area (Å²) in [5.41, 5.74) is 1.11. The molecule has 0 aromatic rings. The monoisotopic (exact) mass is 321 g/mol. The van der Waals surface area contributed by atoms with E-state index in [0.717, 1.165) is 24.2 Å². The normalized spacial score (nSPS) is 25.4. The number of halogens is 2. The van der Waals surface area contributed by atoms with Crippen LogP contribution >= 0.6 is 0 Å². The molecule has 2 aliphatic carbocycles. The van der Waals surface area contributed by atoms with Crippen molar-refractivity contribution in [2.75, 3.05) is 7.11 Å². The Balaban J connectivity index is 0.00000144. The van der Waals surface area contributed by atoms with Gasteiger partial charge in [0, 0.05) is 0 Å². The average molecular weight is 322 g/mol.